The van der Waals surface area contributed by atoms with E-state index in [1.54, 1.807) is 0 Å². The van der Waals surface area contributed by atoms with Crippen LogP contribution in [0.1, 0.15) is 38.5 Å². The maximum absolute atomic E-state index is 11.4. The van der Waals surface area contributed by atoms with Gasteiger partial charge in [-0.2, -0.15) is 11.8 Å². The van der Waals surface area contributed by atoms with Gasteiger partial charge in [-0.1, -0.05) is 0 Å². The minimum Gasteiger partial charge on any atom is -0.375 e. The Kier molecular flexibility index (Phi) is 4.88. The fourth-order valence-corrected chi connectivity index (χ4v) is 6.09. The Balaban J connectivity index is 1.52. The predicted octanol–water partition coefficient (Wildman–Crippen LogP) is 1.93. The summed E-state index contributed by atoms with van der Waals surface area (Å²) < 4.78 is 17.5. The van der Waals surface area contributed by atoms with Gasteiger partial charge in [0, 0.05) is 41.0 Å². The molecular weight excluding hydrogens is 278 g/mol. The van der Waals surface area contributed by atoms with E-state index in [1.165, 1.54) is 30.8 Å². The van der Waals surface area contributed by atoms with Crippen LogP contribution in [0.4, 0.5) is 0 Å². The highest BCUT2D eigenvalue weighted by atomic mass is 32.2. The van der Waals surface area contributed by atoms with Crippen molar-refractivity contribution in [3.05, 3.63) is 0 Å². The van der Waals surface area contributed by atoms with Gasteiger partial charge < -0.3 is 10.1 Å². The number of hydrogen-bond acceptors (Lipinski definition) is 4. The van der Waals surface area contributed by atoms with E-state index in [9.17, 15) is 4.21 Å². The zero-order chi connectivity index (χ0) is 13.1. The lowest BCUT2D eigenvalue weighted by Crippen LogP contribution is -2.52. The van der Waals surface area contributed by atoms with Crippen molar-refractivity contribution in [3.63, 3.8) is 0 Å². The zero-order valence-corrected chi connectivity index (χ0v) is 13.2. The summed E-state index contributed by atoms with van der Waals surface area (Å²) in [4.78, 5) is 0. The SMILES string of the molecule is O=S1CCC(NC2CCOC3(CCSCC3)C2)CC1. The Bertz CT molecular complexity index is 316. The van der Waals surface area contributed by atoms with Crippen LogP contribution in [0.15, 0.2) is 0 Å². The quantitative estimate of drug-likeness (QED) is 0.846. The molecule has 3 aliphatic rings. The van der Waals surface area contributed by atoms with Crippen molar-refractivity contribution < 1.29 is 8.95 Å². The molecule has 0 aromatic rings. The molecule has 0 amide bonds. The third-order valence-electron chi connectivity index (χ3n) is 4.76. The van der Waals surface area contributed by atoms with Gasteiger partial charge in [0.25, 0.3) is 0 Å². The van der Waals surface area contributed by atoms with Gasteiger partial charge in [0.1, 0.15) is 0 Å². The lowest BCUT2D eigenvalue weighted by Gasteiger charge is -2.44. The van der Waals surface area contributed by atoms with Gasteiger partial charge in [0.15, 0.2) is 0 Å². The molecule has 0 aliphatic carbocycles. The molecule has 1 N–H and O–H groups in total. The fraction of sp³-hybridized carbons (Fsp3) is 1.00. The molecule has 3 nitrogen and oxygen atoms in total. The van der Waals surface area contributed by atoms with Gasteiger partial charge in [-0.25, -0.2) is 0 Å². The minimum absolute atomic E-state index is 0.179. The number of hydrogen-bond donors (Lipinski definition) is 1. The first kappa shape index (κ1) is 14.4. The Hall–Kier alpha value is 0.420. The molecule has 1 unspecified atom stereocenters. The van der Waals surface area contributed by atoms with Crippen molar-refractivity contribution in [1.82, 2.24) is 5.32 Å². The lowest BCUT2D eigenvalue weighted by molar-refractivity contribution is -0.0942. The second kappa shape index (κ2) is 6.46. The molecule has 110 valence electrons. The summed E-state index contributed by atoms with van der Waals surface area (Å²) >= 11 is 2.07. The van der Waals surface area contributed by atoms with Crippen LogP contribution in [0, 0.1) is 0 Å². The maximum atomic E-state index is 11.4. The predicted molar refractivity (Wildman–Crippen MR) is 82.3 cm³/mol. The van der Waals surface area contributed by atoms with Crippen LogP contribution in [-0.2, 0) is 15.5 Å². The van der Waals surface area contributed by atoms with Gasteiger partial charge in [-0.15, -0.1) is 0 Å². The van der Waals surface area contributed by atoms with E-state index in [0.717, 1.165) is 37.4 Å². The number of thioether (sulfide) groups is 1. The van der Waals surface area contributed by atoms with Crippen molar-refractivity contribution in [3.8, 4) is 0 Å². The zero-order valence-electron chi connectivity index (χ0n) is 11.6. The monoisotopic (exact) mass is 303 g/mol. The van der Waals surface area contributed by atoms with Gasteiger partial charge >= 0.3 is 0 Å². The highest BCUT2D eigenvalue weighted by molar-refractivity contribution is 7.99. The lowest BCUT2D eigenvalue weighted by atomic mass is 9.85. The number of nitrogens with one attached hydrogen (secondary N) is 1. The molecule has 0 saturated carbocycles. The Morgan fingerprint density at radius 2 is 1.84 bits per heavy atom. The molecule has 3 fully saturated rings. The summed E-state index contributed by atoms with van der Waals surface area (Å²) in [6.07, 6.45) is 6.97. The molecule has 1 spiro atoms. The fourth-order valence-electron chi connectivity index (χ4n) is 3.56. The molecule has 0 aromatic heterocycles. The normalized spacial score (nSPS) is 39.3. The Labute approximate surface area is 123 Å². The number of rotatable bonds is 2. The molecule has 3 heterocycles. The number of ether oxygens (including phenoxy) is 1. The van der Waals surface area contributed by atoms with Crippen LogP contribution in [0.3, 0.4) is 0 Å². The first-order valence-corrected chi connectivity index (χ1v) is 10.2. The summed E-state index contributed by atoms with van der Waals surface area (Å²) in [6, 6.07) is 1.21. The first-order valence-electron chi connectivity index (χ1n) is 7.59. The van der Waals surface area contributed by atoms with Gasteiger partial charge in [0.05, 0.1) is 5.60 Å². The van der Waals surface area contributed by atoms with Crippen molar-refractivity contribution in [1.29, 1.82) is 0 Å². The average Bonchev–Trinajstić information content (AvgIpc) is 2.42. The maximum Gasteiger partial charge on any atom is 0.0713 e. The topological polar surface area (TPSA) is 38.3 Å². The van der Waals surface area contributed by atoms with E-state index in [-0.39, 0.29) is 5.60 Å². The summed E-state index contributed by atoms with van der Waals surface area (Å²) in [6.45, 7) is 0.918. The molecule has 5 heteroatoms. The largest absolute Gasteiger partial charge is 0.375 e. The highest BCUT2D eigenvalue weighted by Gasteiger charge is 2.39. The van der Waals surface area contributed by atoms with Gasteiger partial charge in [-0.05, 0) is 50.0 Å². The van der Waals surface area contributed by atoms with Gasteiger partial charge in [-0.3, -0.25) is 4.21 Å². The second-order valence-corrected chi connectivity index (χ2v) is 9.04. The Morgan fingerprint density at radius 1 is 1.11 bits per heavy atom. The summed E-state index contributed by atoms with van der Waals surface area (Å²) in [5.74, 6) is 4.30. The first-order chi connectivity index (χ1) is 9.26. The summed E-state index contributed by atoms with van der Waals surface area (Å²) in [7, 11) is -0.546. The van der Waals surface area contributed by atoms with Gasteiger partial charge in [0.2, 0.25) is 0 Å². The standard InChI is InChI=1S/C14H25NO2S2/c16-19-9-2-12(3-10-19)15-13-1-6-17-14(11-13)4-7-18-8-5-14/h12-13,15H,1-11H2. The van der Waals surface area contributed by atoms with E-state index in [1.807, 2.05) is 0 Å². The van der Waals surface area contributed by atoms with Crippen LogP contribution >= 0.6 is 11.8 Å². The molecule has 3 rings (SSSR count). The van der Waals surface area contributed by atoms with Crippen LogP contribution in [0.25, 0.3) is 0 Å². The molecule has 0 aromatic carbocycles. The van der Waals surface area contributed by atoms with Crippen LogP contribution in [-0.4, -0.2) is 51.5 Å². The third kappa shape index (κ3) is 3.74. The smallest absolute Gasteiger partial charge is 0.0713 e. The van der Waals surface area contributed by atoms with E-state index < -0.39 is 10.8 Å². The third-order valence-corrected chi connectivity index (χ3v) is 7.12. The molecule has 0 radical (unpaired) electrons. The average molecular weight is 303 g/mol. The van der Waals surface area contributed by atoms with E-state index in [2.05, 4.69) is 17.1 Å². The molecular formula is C14H25NO2S2. The minimum atomic E-state index is -0.546. The van der Waals surface area contributed by atoms with Crippen molar-refractivity contribution in [2.24, 2.45) is 0 Å². The van der Waals surface area contributed by atoms with E-state index in [4.69, 9.17) is 4.74 Å². The molecule has 0 bridgehead atoms. The van der Waals surface area contributed by atoms with Crippen molar-refractivity contribution >= 4 is 22.6 Å². The van der Waals surface area contributed by atoms with Crippen LogP contribution in [0.5, 0.6) is 0 Å². The summed E-state index contributed by atoms with van der Waals surface area (Å²) in [5, 5.41) is 3.83. The van der Waals surface area contributed by atoms with Crippen molar-refractivity contribution in [2.45, 2.75) is 56.2 Å². The van der Waals surface area contributed by atoms with Crippen LogP contribution < -0.4 is 5.32 Å². The molecule has 19 heavy (non-hydrogen) atoms. The van der Waals surface area contributed by atoms with E-state index in [0.29, 0.717) is 12.1 Å². The summed E-state index contributed by atoms with van der Waals surface area (Å²) in [5.41, 5.74) is 0.179. The molecule has 1 atom stereocenters. The Morgan fingerprint density at radius 3 is 2.58 bits per heavy atom. The van der Waals surface area contributed by atoms with E-state index >= 15 is 0 Å². The second-order valence-electron chi connectivity index (χ2n) is 6.12. The highest BCUT2D eigenvalue weighted by Crippen LogP contribution is 2.37. The molecule has 3 aliphatic heterocycles. The van der Waals surface area contributed by atoms with Crippen LogP contribution in [0.2, 0.25) is 0 Å². The molecule has 3 saturated heterocycles. The van der Waals surface area contributed by atoms with Crippen molar-refractivity contribution in [2.75, 3.05) is 29.6 Å².